The highest BCUT2D eigenvalue weighted by Crippen LogP contribution is 2.28. The smallest absolute Gasteiger partial charge is 0.261 e. The molecule has 8 heteroatoms. The average Bonchev–Trinajstić information content (AvgIpc) is 2.80. The molecule has 0 saturated carbocycles. The van der Waals surface area contributed by atoms with Crippen molar-refractivity contribution >= 4 is 27.3 Å². The summed E-state index contributed by atoms with van der Waals surface area (Å²) < 4.78 is 28.2. The van der Waals surface area contributed by atoms with Crippen molar-refractivity contribution in [3.05, 3.63) is 54.1 Å². The first kappa shape index (κ1) is 23.1. The number of carbonyl (C=O) groups is 1. The number of nitrogens with one attached hydrogen (secondary N) is 2. The Kier molecular flexibility index (Phi) is 7.92. The van der Waals surface area contributed by atoms with Crippen LogP contribution >= 0.6 is 0 Å². The Morgan fingerprint density at radius 3 is 2.45 bits per heavy atom. The van der Waals surface area contributed by atoms with E-state index in [-0.39, 0.29) is 10.8 Å². The third kappa shape index (κ3) is 5.77. The maximum atomic E-state index is 13.4. The van der Waals surface area contributed by atoms with Gasteiger partial charge in [-0.2, -0.15) is 0 Å². The molecule has 2 aromatic rings. The normalized spacial score (nSPS) is 14.3. The second kappa shape index (κ2) is 10.6. The Hall–Kier alpha value is -2.58. The number of anilines is 2. The van der Waals surface area contributed by atoms with E-state index in [9.17, 15) is 13.2 Å². The molecule has 0 spiro atoms. The average molecular weight is 445 g/mol. The molecule has 7 nitrogen and oxygen atoms in total. The Balaban J connectivity index is 1.95. The largest absolute Gasteiger partial charge is 0.368 e. The maximum absolute atomic E-state index is 13.4. The second-order valence-corrected chi connectivity index (χ2v) is 9.31. The number of unbranched alkanes of at least 4 members (excludes halogenated alkanes) is 1. The van der Waals surface area contributed by atoms with Crippen molar-refractivity contribution in [2.75, 3.05) is 48.9 Å². The van der Waals surface area contributed by atoms with Gasteiger partial charge in [0.05, 0.1) is 10.5 Å². The first-order valence-electron chi connectivity index (χ1n) is 10.9. The summed E-state index contributed by atoms with van der Waals surface area (Å²) in [6.45, 7) is 8.68. The molecule has 31 heavy (non-hydrogen) atoms. The van der Waals surface area contributed by atoms with Crippen molar-refractivity contribution in [1.29, 1.82) is 0 Å². The fourth-order valence-electron chi connectivity index (χ4n) is 3.69. The molecule has 1 saturated heterocycles. The van der Waals surface area contributed by atoms with Crippen molar-refractivity contribution in [3.8, 4) is 0 Å². The number of piperazine rings is 1. The van der Waals surface area contributed by atoms with Gasteiger partial charge in [-0.25, -0.2) is 8.42 Å². The van der Waals surface area contributed by atoms with Crippen LogP contribution in [0.15, 0.2) is 53.4 Å². The van der Waals surface area contributed by atoms with Crippen molar-refractivity contribution in [2.24, 2.45) is 0 Å². The number of benzene rings is 2. The van der Waals surface area contributed by atoms with E-state index in [2.05, 4.69) is 21.9 Å². The van der Waals surface area contributed by atoms with Gasteiger partial charge in [0.15, 0.2) is 0 Å². The highest BCUT2D eigenvalue weighted by Gasteiger charge is 2.23. The topological polar surface area (TPSA) is 81.8 Å². The number of nitrogens with zero attached hydrogens (tertiary/aromatic N) is 2. The van der Waals surface area contributed by atoms with E-state index in [1.807, 2.05) is 17.9 Å². The van der Waals surface area contributed by atoms with Gasteiger partial charge in [-0.05, 0) is 43.7 Å². The highest BCUT2D eigenvalue weighted by molar-refractivity contribution is 7.92. The SMILES string of the molecule is CCCCN(CC)C(=O)c1cc(NS(=O)(=O)c2ccccc2)ccc1N1CCNCC1. The van der Waals surface area contributed by atoms with Gasteiger partial charge in [-0.3, -0.25) is 9.52 Å². The third-order valence-electron chi connectivity index (χ3n) is 5.44. The summed E-state index contributed by atoms with van der Waals surface area (Å²) in [4.78, 5) is 17.6. The number of hydrogen-bond acceptors (Lipinski definition) is 5. The molecule has 0 unspecified atom stereocenters. The standard InChI is InChI=1S/C23H32N4O3S/c1-3-5-15-26(4-2)23(28)21-18-19(11-12-22(21)27-16-13-24-14-17-27)25-31(29,30)20-9-7-6-8-10-20/h6-12,18,24-25H,3-5,13-17H2,1-2H3. The summed E-state index contributed by atoms with van der Waals surface area (Å²) in [5.74, 6) is -0.0646. The Morgan fingerprint density at radius 2 is 1.81 bits per heavy atom. The van der Waals surface area contributed by atoms with Crippen LogP contribution in [0.4, 0.5) is 11.4 Å². The lowest BCUT2D eigenvalue weighted by atomic mass is 10.1. The third-order valence-corrected chi connectivity index (χ3v) is 6.84. The lowest BCUT2D eigenvalue weighted by Crippen LogP contribution is -2.44. The van der Waals surface area contributed by atoms with Gasteiger partial charge in [0.1, 0.15) is 0 Å². The summed E-state index contributed by atoms with van der Waals surface area (Å²) in [5, 5.41) is 3.33. The van der Waals surface area contributed by atoms with Gasteiger partial charge in [0.2, 0.25) is 0 Å². The summed E-state index contributed by atoms with van der Waals surface area (Å²) in [5.41, 5.74) is 1.77. The van der Waals surface area contributed by atoms with Crippen LogP contribution in [-0.2, 0) is 10.0 Å². The van der Waals surface area contributed by atoms with Gasteiger partial charge in [0.25, 0.3) is 15.9 Å². The van der Waals surface area contributed by atoms with Crippen LogP contribution in [0.1, 0.15) is 37.0 Å². The lowest BCUT2D eigenvalue weighted by Gasteiger charge is -2.32. The maximum Gasteiger partial charge on any atom is 0.261 e. The lowest BCUT2D eigenvalue weighted by molar-refractivity contribution is 0.0763. The fourth-order valence-corrected chi connectivity index (χ4v) is 4.76. The Bertz CT molecular complexity index is 974. The van der Waals surface area contributed by atoms with Gasteiger partial charge in [-0.15, -0.1) is 0 Å². The number of amides is 1. The van der Waals surface area contributed by atoms with Gasteiger partial charge >= 0.3 is 0 Å². The van der Waals surface area contributed by atoms with Crippen LogP contribution in [0, 0.1) is 0 Å². The van der Waals surface area contributed by atoms with Crippen LogP contribution in [0.2, 0.25) is 0 Å². The molecule has 1 heterocycles. The summed E-state index contributed by atoms with van der Waals surface area (Å²) in [6.07, 6.45) is 1.94. The monoisotopic (exact) mass is 444 g/mol. The zero-order valence-electron chi connectivity index (χ0n) is 18.3. The van der Waals surface area contributed by atoms with E-state index in [0.29, 0.717) is 24.3 Å². The molecule has 168 valence electrons. The van der Waals surface area contributed by atoms with Crippen molar-refractivity contribution in [2.45, 2.75) is 31.6 Å². The first-order chi connectivity index (χ1) is 15.0. The van der Waals surface area contributed by atoms with Crippen molar-refractivity contribution < 1.29 is 13.2 Å². The molecule has 3 rings (SSSR count). The molecule has 1 aliphatic heterocycles. The Morgan fingerprint density at radius 1 is 1.10 bits per heavy atom. The predicted octanol–water partition coefficient (Wildman–Crippen LogP) is 3.16. The molecular weight excluding hydrogens is 412 g/mol. The van der Waals surface area contributed by atoms with Gasteiger partial charge < -0.3 is 15.1 Å². The first-order valence-corrected chi connectivity index (χ1v) is 12.4. The summed E-state index contributed by atoms with van der Waals surface area (Å²) in [7, 11) is -3.73. The predicted molar refractivity (Wildman–Crippen MR) is 125 cm³/mol. The number of hydrogen-bond donors (Lipinski definition) is 2. The van der Waals surface area contributed by atoms with E-state index in [0.717, 1.165) is 44.7 Å². The molecule has 1 aliphatic rings. The second-order valence-electron chi connectivity index (χ2n) is 7.63. The van der Waals surface area contributed by atoms with E-state index in [1.165, 1.54) is 0 Å². The molecule has 2 N–H and O–H groups in total. The number of sulfonamides is 1. The fraction of sp³-hybridized carbons (Fsp3) is 0.435. The number of rotatable bonds is 9. The zero-order chi connectivity index (χ0) is 22.3. The molecule has 1 amide bonds. The minimum atomic E-state index is -3.73. The van der Waals surface area contributed by atoms with E-state index in [4.69, 9.17) is 0 Å². The molecule has 0 aliphatic carbocycles. The van der Waals surface area contributed by atoms with Crippen LogP contribution in [-0.4, -0.2) is 58.5 Å². The van der Waals surface area contributed by atoms with E-state index >= 15 is 0 Å². The zero-order valence-corrected chi connectivity index (χ0v) is 19.1. The van der Waals surface area contributed by atoms with Crippen molar-refractivity contribution in [3.63, 3.8) is 0 Å². The molecule has 2 aromatic carbocycles. The number of carbonyl (C=O) groups excluding carboxylic acids is 1. The molecule has 0 radical (unpaired) electrons. The van der Waals surface area contributed by atoms with E-state index < -0.39 is 10.0 Å². The molecule has 0 bridgehead atoms. The molecule has 0 aromatic heterocycles. The van der Waals surface area contributed by atoms with E-state index in [1.54, 1.807) is 42.5 Å². The summed E-state index contributed by atoms with van der Waals surface area (Å²) in [6, 6.07) is 13.5. The Labute approximate surface area is 185 Å². The van der Waals surface area contributed by atoms with Crippen LogP contribution in [0.3, 0.4) is 0 Å². The summed E-state index contributed by atoms with van der Waals surface area (Å²) >= 11 is 0. The quantitative estimate of drug-likeness (QED) is 0.621. The van der Waals surface area contributed by atoms with Crippen LogP contribution in [0.25, 0.3) is 0 Å². The molecular formula is C23H32N4O3S. The van der Waals surface area contributed by atoms with Crippen LogP contribution in [0.5, 0.6) is 0 Å². The molecule has 0 atom stereocenters. The minimum Gasteiger partial charge on any atom is -0.368 e. The van der Waals surface area contributed by atoms with Crippen molar-refractivity contribution in [1.82, 2.24) is 10.2 Å². The highest BCUT2D eigenvalue weighted by atomic mass is 32.2. The van der Waals surface area contributed by atoms with Gasteiger partial charge in [-0.1, -0.05) is 31.5 Å². The minimum absolute atomic E-state index is 0.0646. The van der Waals surface area contributed by atoms with Gasteiger partial charge in [0, 0.05) is 50.6 Å². The molecule has 1 fully saturated rings. The van der Waals surface area contributed by atoms with Crippen LogP contribution < -0.4 is 14.9 Å².